The van der Waals surface area contributed by atoms with Crippen molar-refractivity contribution in [3.05, 3.63) is 41.1 Å². The fourth-order valence-corrected chi connectivity index (χ4v) is 2.54. The van der Waals surface area contributed by atoms with E-state index in [1.54, 1.807) is 18.0 Å². The number of hydrogen-bond donors (Lipinski definition) is 1. The summed E-state index contributed by atoms with van der Waals surface area (Å²) in [5.41, 5.74) is 1.00. The number of anilines is 1. The van der Waals surface area contributed by atoms with Gasteiger partial charge in [-0.25, -0.2) is 4.98 Å². The number of nitrogens with one attached hydrogen (secondary N) is 1. The highest BCUT2D eigenvalue weighted by atomic mass is 35.5. The molecule has 1 aromatic heterocycles. The maximum atomic E-state index is 6.12. The average molecular weight is 269 g/mol. The summed E-state index contributed by atoms with van der Waals surface area (Å²) < 4.78 is 5.40. The smallest absolute Gasteiger partial charge is 0.213 e. The number of aryl methyl sites for hydroxylation is 1. The van der Waals surface area contributed by atoms with E-state index in [-0.39, 0.29) is 0 Å². The minimum atomic E-state index is 0.557. The Balaban J connectivity index is 2.11. The van der Waals surface area contributed by atoms with Crippen molar-refractivity contribution in [2.75, 3.05) is 11.6 Å². The van der Waals surface area contributed by atoms with Crippen molar-refractivity contribution in [1.29, 1.82) is 0 Å². The molecule has 3 nitrogen and oxygen atoms in total. The molecule has 0 aliphatic heterocycles. The zero-order valence-corrected chi connectivity index (χ0v) is 11.2. The van der Waals surface area contributed by atoms with Gasteiger partial charge in [-0.05, 0) is 25.3 Å². The Kier molecular flexibility index (Phi) is 3.97. The number of hydrogen-bond acceptors (Lipinski definition) is 4. The fraction of sp³-hybridized carbons (Fsp3) is 0.250. The first-order valence-electron chi connectivity index (χ1n) is 5.18. The highest BCUT2D eigenvalue weighted by molar-refractivity contribution is 7.98. The summed E-state index contributed by atoms with van der Waals surface area (Å²) >= 11 is 7.73. The van der Waals surface area contributed by atoms with Crippen molar-refractivity contribution < 1.29 is 4.42 Å². The lowest BCUT2D eigenvalue weighted by atomic mass is 10.3. The van der Waals surface area contributed by atoms with Crippen LogP contribution in [-0.4, -0.2) is 11.2 Å². The number of nitrogens with zero attached hydrogens (tertiary/aromatic N) is 1. The van der Waals surface area contributed by atoms with Crippen LogP contribution in [0.3, 0.4) is 0 Å². The van der Waals surface area contributed by atoms with Crippen molar-refractivity contribution in [1.82, 2.24) is 4.98 Å². The Labute approximate surface area is 110 Å². The minimum Gasteiger partial charge on any atom is -0.444 e. The summed E-state index contributed by atoms with van der Waals surface area (Å²) in [4.78, 5) is 5.18. The van der Waals surface area contributed by atoms with Gasteiger partial charge in [-0.1, -0.05) is 17.7 Å². The van der Waals surface area contributed by atoms with Crippen LogP contribution in [0.4, 0.5) is 5.69 Å². The predicted octanol–water partition coefficient (Wildman–Crippen LogP) is 3.97. The van der Waals surface area contributed by atoms with E-state index in [1.807, 2.05) is 31.4 Å². The molecule has 0 saturated carbocycles. The topological polar surface area (TPSA) is 38.1 Å². The molecule has 0 bridgehead atoms. The standard InChI is InChI=1S/C12H13ClN2OS/c1-8-6-15-11(16-8)7-14-10-5-3-4-9(13)12(10)17-2/h3-6,14H,7H2,1-2H3. The third-order valence-corrected chi connectivity index (χ3v) is 3.55. The van der Waals surface area contributed by atoms with Crippen LogP contribution >= 0.6 is 23.4 Å². The molecule has 0 aliphatic carbocycles. The van der Waals surface area contributed by atoms with E-state index in [9.17, 15) is 0 Å². The van der Waals surface area contributed by atoms with Crippen molar-refractivity contribution in [2.45, 2.75) is 18.4 Å². The molecule has 0 fully saturated rings. The molecule has 0 amide bonds. The molecule has 1 N–H and O–H groups in total. The van der Waals surface area contributed by atoms with Gasteiger partial charge in [0.15, 0.2) is 0 Å². The molecule has 0 unspecified atom stereocenters. The lowest BCUT2D eigenvalue weighted by Gasteiger charge is -2.10. The van der Waals surface area contributed by atoms with E-state index >= 15 is 0 Å². The van der Waals surface area contributed by atoms with E-state index in [0.29, 0.717) is 12.4 Å². The van der Waals surface area contributed by atoms with E-state index in [0.717, 1.165) is 21.4 Å². The lowest BCUT2D eigenvalue weighted by Crippen LogP contribution is -2.00. The maximum absolute atomic E-state index is 6.12. The Hall–Kier alpha value is -1.13. The zero-order valence-electron chi connectivity index (χ0n) is 9.66. The molecule has 0 radical (unpaired) electrons. The van der Waals surface area contributed by atoms with E-state index in [2.05, 4.69) is 10.3 Å². The average Bonchev–Trinajstić information content (AvgIpc) is 2.72. The third kappa shape index (κ3) is 2.96. The highest BCUT2D eigenvalue weighted by Crippen LogP contribution is 2.32. The Morgan fingerprint density at radius 2 is 2.29 bits per heavy atom. The highest BCUT2D eigenvalue weighted by Gasteiger charge is 2.06. The molecule has 0 spiro atoms. The van der Waals surface area contributed by atoms with Gasteiger partial charge in [0, 0.05) is 10.6 Å². The number of benzene rings is 1. The van der Waals surface area contributed by atoms with E-state index < -0.39 is 0 Å². The maximum Gasteiger partial charge on any atom is 0.213 e. The van der Waals surface area contributed by atoms with Crippen molar-refractivity contribution in [3.63, 3.8) is 0 Å². The van der Waals surface area contributed by atoms with Crippen LogP contribution in [0.5, 0.6) is 0 Å². The molecule has 17 heavy (non-hydrogen) atoms. The molecule has 1 aromatic carbocycles. The van der Waals surface area contributed by atoms with Gasteiger partial charge in [-0.15, -0.1) is 11.8 Å². The minimum absolute atomic E-state index is 0.557. The molecule has 2 rings (SSSR count). The van der Waals surface area contributed by atoms with Crippen LogP contribution in [0.15, 0.2) is 33.7 Å². The Morgan fingerprint density at radius 3 is 2.94 bits per heavy atom. The lowest BCUT2D eigenvalue weighted by molar-refractivity contribution is 0.479. The van der Waals surface area contributed by atoms with E-state index in [4.69, 9.17) is 16.0 Å². The zero-order chi connectivity index (χ0) is 12.3. The first kappa shape index (κ1) is 12.3. The van der Waals surface area contributed by atoms with Gasteiger partial charge in [-0.2, -0.15) is 0 Å². The molecule has 0 aliphatic rings. The second kappa shape index (κ2) is 5.47. The van der Waals surface area contributed by atoms with Gasteiger partial charge in [0.1, 0.15) is 5.76 Å². The summed E-state index contributed by atoms with van der Waals surface area (Å²) in [7, 11) is 0. The first-order valence-corrected chi connectivity index (χ1v) is 6.78. The predicted molar refractivity (Wildman–Crippen MR) is 71.8 cm³/mol. The number of rotatable bonds is 4. The largest absolute Gasteiger partial charge is 0.444 e. The second-order valence-corrected chi connectivity index (χ2v) is 4.76. The second-order valence-electron chi connectivity index (χ2n) is 3.54. The monoisotopic (exact) mass is 268 g/mol. The third-order valence-electron chi connectivity index (χ3n) is 2.27. The van der Waals surface area contributed by atoms with Crippen molar-refractivity contribution in [3.8, 4) is 0 Å². The van der Waals surface area contributed by atoms with Gasteiger partial charge < -0.3 is 9.73 Å². The summed E-state index contributed by atoms with van der Waals surface area (Å²) in [6, 6.07) is 5.80. The van der Waals surface area contributed by atoms with Gasteiger partial charge in [-0.3, -0.25) is 0 Å². The molecular formula is C12H13ClN2OS. The van der Waals surface area contributed by atoms with Crippen LogP contribution in [0.1, 0.15) is 11.7 Å². The fourth-order valence-electron chi connectivity index (χ4n) is 1.51. The molecular weight excluding hydrogens is 256 g/mol. The number of aromatic nitrogens is 1. The summed E-state index contributed by atoms with van der Waals surface area (Å²) in [6.07, 6.45) is 3.71. The molecule has 0 atom stereocenters. The Morgan fingerprint density at radius 1 is 1.47 bits per heavy atom. The number of halogens is 1. The summed E-state index contributed by atoms with van der Waals surface area (Å²) in [5, 5.41) is 4.03. The Bertz CT molecular complexity index is 513. The van der Waals surface area contributed by atoms with Crippen LogP contribution in [0.25, 0.3) is 0 Å². The van der Waals surface area contributed by atoms with Crippen molar-refractivity contribution in [2.24, 2.45) is 0 Å². The van der Waals surface area contributed by atoms with Crippen LogP contribution in [0.2, 0.25) is 5.02 Å². The molecule has 1 heterocycles. The normalized spacial score (nSPS) is 10.5. The van der Waals surface area contributed by atoms with Crippen LogP contribution < -0.4 is 5.32 Å². The van der Waals surface area contributed by atoms with Gasteiger partial charge in [0.25, 0.3) is 0 Å². The summed E-state index contributed by atoms with van der Waals surface area (Å²) in [5.74, 6) is 1.49. The SMILES string of the molecule is CSc1c(Cl)cccc1NCc1ncc(C)o1. The van der Waals surface area contributed by atoms with E-state index in [1.165, 1.54) is 0 Å². The van der Waals surface area contributed by atoms with Crippen molar-refractivity contribution >= 4 is 29.1 Å². The van der Waals surface area contributed by atoms with Crippen LogP contribution in [0, 0.1) is 6.92 Å². The molecule has 5 heteroatoms. The van der Waals surface area contributed by atoms with Crippen LogP contribution in [-0.2, 0) is 6.54 Å². The molecule has 90 valence electrons. The summed E-state index contributed by atoms with van der Waals surface area (Å²) in [6.45, 7) is 2.44. The first-order chi connectivity index (χ1) is 8.20. The quantitative estimate of drug-likeness (QED) is 0.852. The van der Waals surface area contributed by atoms with Gasteiger partial charge in [0.05, 0.1) is 17.8 Å². The number of oxazole rings is 1. The molecule has 0 saturated heterocycles. The van der Waals surface area contributed by atoms with Gasteiger partial charge in [0.2, 0.25) is 5.89 Å². The number of thioether (sulfide) groups is 1. The van der Waals surface area contributed by atoms with Gasteiger partial charge >= 0.3 is 0 Å². The molecule has 2 aromatic rings.